The highest BCUT2D eigenvalue weighted by Gasteiger charge is 2.26. The van der Waals surface area contributed by atoms with E-state index >= 15 is 0 Å². The van der Waals surface area contributed by atoms with Crippen LogP contribution in [0, 0.1) is 5.92 Å². The van der Waals surface area contributed by atoms with Crippen molar-refractivity contribution in [2.75, 3.05) is 13.1 Å². The Bertz CT molecular complexity index is 461. The number of hydrogen-bond acceptors (Lipinski definition) is 3. The second-order valence-corrected chi connectivity index (χ2v) is 6.24. The van der Waals surface area contributed by atoms with Crippen LogP contribution in [0.15, 0.2) is 17.5 Å². The van der Waals surface area contributed by atoms with E-state index in [9.17, 15) is 14.7 Å². The third-order valence-corrected chi connectivity index (χ3v) is 4.58. The molecule has 5 nitrogen and oxygen atoms in total. The van der Waals surface area contributed by atoms with E-state index in [4.69, 9.17) is 0 Å². The van der Waals surface area contributed by atoms with Gasteiger partial charge in [-0.3, -0.25) is 0 Å². The van der Waals surface area contributed by atoms with Crippen molar-refractivity contribution in [2.45, 2.75) is 32.2 Å². The smallest absolute Gasteiger partial charge is 0.331 e. The number of carboxylic acid groups (broad SMARTS) is 1. The number of amides is 2. The SMILES string of the molecule is CC1CCCN(C(=O)NC(C(=O)O)c2cccs2)CC1. The van der Waals surface area contributed by atoms with Crippen LogP contribution in [0.4, 0.5) is 4.79 Å². The number of rotatable bonds is 3. The van der Waals surface area contributed by atoms with E-state index in [0.717, 1.165) is 19.3 Å². The molecule has 2 unspecified atom stereocenters. The van der Waals surface area contributed by atoms with Gasteiger partial charge >= 0.3 is 12.0 Å². The van der Waals surface area contributed by atoms with E-state index in [1.165, 1.54) is 11.3 Å². The minimum Gasteiger partial charge on any atom is -0.479 e. The first-order chi connectivity index (χ1) is 9.58. The Morgan fingerprint density at radius 3 is 2.90 bits per heavy atom. The Kier molecular flexibility index (Phi) is 5.00. The van der Waals surface area contributed by atoms with Gasteiger partial charge in [0.2, 0.25) is 0 Å². The molecule has 0 radical (unpaired) electrons. The zero-order valence-electron chi connectivity index (χ0n) is 11.5. The molecule has 2 amide bonds. The molecule has 110 valence electrons. The molecule has 2 atom stereocenters. The topological polar surface area (TPSA) is 69.6 Å². The quantitative estimate of drug-likeness (QED) is 0.901. The van der Waals surface area contributed by atoms with Crippen LogP contribution in [0.1, 0.15) is 37.1 Å². The van der Waals surface area contributed by atoms with E-state index in [1.807, 2.05) is 5.38 Å². The van der Waals surface area contributed by atoms with Crippen molar-refractivity contribution in [1.29, 1.82) is 0 Å². The first kappa shape index (κ1) is 14.8. The van der Waals surface area contributed by atoms with Gasteiger partial charge in [-0.05, 0) is 36.6 Å². The molecular weight excluding hydrogens is 276 g/mol. The first-order valence-corrected chi connectivity index (χ1v) is 7.77. The Labute approximate surface area is 122 Å². The van der Waals surface area contributed by atoms with Gasteiger partial charge in [-0.25, -0.2) is 9.59 Å². The fourth-order valence-corrected chi connectivity index (χ4v) is 3.16. The number of hydrogen-bond donors (Lipinski definition) is 2. The Balaban J connectivity index is 1.99. The molecule has 1 aromatic rings. The van der Waals surface area contributed by atoms with Gasteiger partial charge in [0.05, 0.1) is 0 Å². The van der Waals surface area contributed by atoms with Crippen LogP contribution in [0.2, 0.25) is 0 Å². The van der Waals surface area contributed by atoms with Crippen LogP contribution >= 0.6 is 11.3 Å². The van der Waals surface area contributed by atoms with Gasteiger partial charge in [0.25, 0.3) is 0 Å². The molecule has 1 fully saturated rings. The number of carbonyl (C=O) groups excluding carboxylic acids is 1. The fourth-order valence-electron chi connectivity index (χ4n) is 2.39. The third kappa shape index (κ3) is 3.72. The van der Waals surface area contributed by atoms with Crippen molar-refractivity contribution in [3.8, 4) is 0 Å². The summed E-state index contributed by atoms with van der Waals surface area (Å²) < 4.78 is 0. The van der Waals surface area contributed by atoms with E-state index in [-0.39, 0.29) is 6.03 Å². The van der Waals surface area contributed by atoms with Gasteiger partial charge in [0.1, 0.15) is 0 Å². The van der Waals surface area contributed by atoms with Gasteiger partial charge in [-0.2, -0.15) is 0 Å². The molecule has 0 aromatic carbocycles. The summed E-state index contributed by atoms with van der Waals surface area (Å²) in [4.78, 5) is 25.9. The maximum absolute atomic E-state index is 12.2. The number of nitrogens with one attached hydrogen (secondary N) is 1. The van der Waals surface area contributed by atoms with Crippen LogP contribution in [-0.2, 0) is 4.79 Å². The third-order valence-electron chi connectivity index (χ3n) is 3.65. The molecule has 1 aromatic heterocycles. The van der Waals surface area contributed by atoms with E-state index in [2.05, 4.69) is 12.2 Å². The van der Waals surface area contributed by atoms with Gasteiger partial charge in [0.15, 0.2) is 6.04 Å². The fraction of sp³-hybridized carbons (Fsp3) is 0.571. The molecule has 1 aliphatic heterocycles. The molecule has 0 spiro atoms. The largest absolute Gasteiger partial charge is 0.479 e. The predicted octanol–water partition coefficient (Wildman–Crippen LogP) is 2.71. The number of thiophene rings is 1. The first-order valence-electron chi connectivity index (χ1n) is 6.89. The minimum absolute atomic E-state index is 0.278. The van der Waals surface area contributed by atoms with E-state index in [1.54, 1.807) is 17.0 Å². The zero-order valence-corrected chi connectivity index (χ0v) is 12.4. The summed E-state index contributed by atoms with van der Waals surface area (Å²) in [6, 6.07) is 2.28. The van der Waals surface area contributed by atoms with Crippen molar-refractivity contribution in [3.05, 3.63) is 22.4 Å². The minimum atomic E-state index is -1.02. The standard InChI is InChI=1S/C14H20N2O3S/c1-10-4-2-7-16(8-6-10)14(19)15-12(13(17)18)11-5-3-9-20-11/h3,5,9-10,12H,2,4,6-8H2,1H3,(H,15,19)(H,17,18). The molecule has 0 bridgehead atoms. The van der Waals surface area contributed by atoms with E-state index < -0.39 is 12.0 Å². The molecule has 2 heterocycles. The summed E-state index contributed by atoms with van der Waals surface area (Å²) in [7, 11) is 0. The lowest BCUT2D eigenvalue weighted by atomic mass is 10.0. The highest BCUT2D eigenvalue weighted by atomic mass is 32.1. The Morgan fingerprint density at radius 1 is 1.45 bits per heavy atom. The van der Waals surface area contributed by atoms with Crippen molar-refractivity contribution in [3.63, 3.8) is 0 Å². The normalized spacial score (nSPS) is 21.1. The lowest BCUT2D eigenvalue weighted by molar-refractivity contribution is -0.139. The summed E-state index contributed by atoms with van der Waals surface area (Å²) in [6.45, 7) is 3.59. The molecule has 1 aliphatic rings. The highest BCUT2D eigenvalue weighted by Crippen LogP contribution is 2.21. The monoisotopic (exact) mass is 296 g/mol. The Morgan fingerprint density at radius 2 is 2.25 bits per heavy atom. The number of aliphatic carboxylic acids is 1. The van der Waals surface area contributed by atoms with Crippen molar-refractivity contribution < 1.29 is 14.7 Å². The summed E-state index contributed by atoms with van der Waals surface area (Å²) in [5.41, 5.74) is 0. The van der Waals surface area contributed by atoms with Crippen LogP contribution < -0.4 is 5.32 Å². The number of urea groups is 1. The maximum atomic E-state index is 12.2. The lowest BCUT2D eigenvalue weighted by Gasteiger charge is -2.23. The number of nitrogens with zero attached hydrogens (tertiary/aromatic N) is 1. The Hall–Kier alpha value is -1.56. The molecule has 20 heavy (non-hydrogen) atoms. The average Bonchev–Trinajstić information content (AvgIpc) is 2.84. The molecule has 1 saturated heterocycles. The zero-order chi connectivity index (χ0) is 14.5. The summed E-state index contributed by atoms with van der Waals surface area (Å²) >= 11 is 1.34. The number of likely N-dealkylation sites (tertiary alicyclic amines) is 1. The summed E-state index contributed by atoms with van der Waals surface area (Å²) in [5.74, 6) is -0.399. The molecule has 2 rings (SSSR count). The average molecular weight is 296 g/mol. The van der Waals surface area contributed by atoms with Gasteiger partial charge in [-0.15, -0.1) is 11.3 Å². The molecule has 2 N–H and O–H groups in total. The summed E-state index contributed by atoms with van der Waals surface area (Å²) in [5, 5.41) is 13.7. The molecule has 0 saturated carbocycles. The van der Waals surface area contributed by atoms with Crippen molar-refractivity contribution >= 4 is 23.3 Å². The number of carboxylic acids is 1. The highest BCUT2D eigenvalue weighted by molar-refractivity contribution is 7.10. The molecule has 6 heteroatoms. The summed E-state index contributed by atoms with van der Waals surface area (Å²) in [6.07, 6.45) is 3.08. The van der Waals surface area contributed by atoms with E-state index in [0.29, 0.717) is 23.9 Å². The molecule has 0 aliphatic carbocycles. The maximum Gasteiger partial charge on any atom is 0.331 e. The van der Waals surface area contributed by atoms with Gasteiger partial charge in [0, 0.05) is 18.0 Å². The second kappa shape index (κ2) is 6.74. The van der Waals surface area contributed by atoms with Crippen molar-refractivity contribution in [1.82, 2.24) is 10.2 Å². The van der Waals surface area contributed by atoms with Crippen LogP contribution in [0.3, 0.4) is 0 Å². The second-order valence-electron chi connectivity index (χ2n) is 5.26. The molecular formula is C14H20N2O3S. The van der Waals surface area contributed by atoms with Crippen LogP contribution in [0.5, 0.6) is 0 Å². The van der Waals surface area contributed by atoms with Crippen LogP contribution in [0.25, 0.3) is 0 Å². The number of carbonyl (C=O) groups is 2. The van der Waals surface area contributed by atoms with Gasteiger partial charge < -0.3 is 15.3 Å². The lowest BCUT2D eigenvalue weighted by Crippen LogP contribution is -2.44. The van der Waals surface area contributed by atoms with Gasteiger partial charge in [-0.1, -0.05) is 13.0 Å². The van der Waals surface area contributed by atoms with Crippen molar-refractivity contribution in [2.24, 2.45) is 5.92 Å². The van der Waals surface area contributed by atoms with Crippen LogP contribution in [-0.4, -0.2) is 35.1 Å². The predicted molar refractivity (Wildman–Crippen MR) is 77.8 cm³/mol.